The molecule has 2 aromatic rings. The van der Waals surface area contributed by atoms with E-state index in [-0.39, 0.29) is 31.9 Å². The van der Waals surface area contributed by atoms with Crippen molar-refractivity contribution in [3.05, 3.63) is 59.7 Å². The van der Waals surface area contributed by atoms with Crippen LogP contribution in [0.3, 0.4) is 0 Å². The second-order valence-electron chi connectivity index (χ2n) is 8.36. The number of alkyl carbamates (subject to hydrolysis) is 1. The number of carboxylic acids is 1. The first-order chi connectivity index (χ1) is 16.4. The number of methoxy groups -OCH3 is 1. The normalized spacial score (nSPS) is 13.9. The summed E-state index contributed by atoms with van der Waals surface area (Å²) in [7, 11) is 1.41. The number of benzene rings is 2. The molecule has 0 radical (unpaired) electrons. The van der Waals surface area contributed by atoms with Gasteiger partial charge in [-0.25, -0.2) is 4.79 Å². The molecule has 0 saturated carbocycles. The smallest absolute Gasteiger partial charge is 0.407 e. The van der Waals surface area contributed by atoms with Crippen molar-refractivity contribution in [3.63, 3.8) is 0 Å². The Balaban J connectivity index is 1.48. The number of hydrogen-bond acceptors (Lipinski definition) is 5. The molecule has 0 aromatic heterocycles. The van der Waals surface area contributed by atoms with E-state index >= 15 is 0 Å². The van der Waals surface area contributed by atoms with Crippen molar-refractivity contribution in [2.75, 3.05) is 20.3 Å². The maximum absolute atomic E-state index is 12.5. The van der Waals surface area contributed by atoms with Gasteiger partial charge in [-0.05, 0) is 28.7 Å². The van der Waals surface area contributed by atoms with E-state index in [1.54, 1.807) is 0 Å². The Hall–Kier alpha value is -3.39. The zero-order valence-corrected chi connectivity index (χ0v) is 19.6. The lowest BCUT2D eigenvalue weighted by molar-refractivity contribution is -0.138. The molecule has 34 heavy (non-hydrogen) atoms. The SMILES string of the molecule is CCCC(CC(=O)O)NC(=O)C(CCNC(=O)OCC1c2ccccc2-c2ccccc21)OC. The maximum atomic E-state index is 12.5. The second kappa shape index (κ2) is 12.2. The van der Waals surface area contributed by atoms with Gasteiger partial charge in [-0.1, -0.05) is 61.9 Å². The average molecular weight is 469 g/mol. The first-order valence-corrected chi connectivity index (χ1v) is 11.6. The molecule has 0 bridgehead atoms. The monoisotopic (exact) mass is 468 g/mol. The van der Waals surface area contributed by atoms with Crippen molar-refractivity contribution in [3.8, 4) is 11.1 Å². The molecule has 8 nitrogen and oxygen atoms in total. The van der Waals surface area contributed by atoms with E-state index in [9.17, 15) is 14.4 Å². The lowest BCUT2D eigenvalue weighted by Crippen LogP contribution is -2.44. The number of fused-ring (bicyclic) bond motifs is 3. The summed E-state index contributed by atoms with van der Waals surface area (Å²) in [5.74, 6) is -1.39. The number of aliphatic carboxylic acids is 1. The Morgan fingerprint density at radius 1 is 1.00 bits per heavy atom. The summed E-state index contributed by atoms with van der Waals surface area (Å²) in [5, 5.41) is 14.4. The molecule has 0 saturated heterocycles. The van der Waals surface area contributed by atoms with E-state index in [2.05, 4.69) is 34.9 Å². The van der Waals surface area contributed by atoms with Gasteiger partial charge in [-0.2, -0.15) is 0 Å². The molecule has 1 aliphatic rings. The molecule has 2 amide bonds. The van der Waals surface area contributed by atoms with Crippen molar-refractivity contribution in [1.82, 2.24) is 10.6 Å². The van der Waals surface area contributed by atoms with Crippen molar-refractivity contribution in [2.45, 2.75) is 50.7 Å². The van der Waals surface area contributed by atoms with Crippen LogP contribution in [0, 0.1) is 0 Å². The third-order valence-corrected chi connectivity index (χ3v) is 6.00. The molecular formula is C26H32N2O6. The van der Waals surface area contributed by atoms with Crippen molar-refractivity contribution in [2.24, 2.45) is 0 Å². The number of rotatable bonds is 12. The third-order valence-electron chi connectivity index (χ3n) is 6.00. The van der Waals surface area contributed by atoms with Gasteiger partial charge >= 0.3 is 12.1 Å². The van der Waals surface area contributed by atoms with Crippen LogP contribution in [0.15, 0.2) is 48.5 Å². The van der Waals surface area contributed by atoms with E-state index in [0.29, 0.717) is 6.42 Å². The first kappa shape index (κ1) is 25.2. The highest BCUT2D eigenvalue weighted by Crippen LogP contribution is 2.44. The van der Waals surface area contributed by atoms with E-state index in [0.717, 1.165) is 28.7 Å². The van der Waals surface area contributed by atoms with Gasteiger partial charge in [0.15, 0.2) is 0 Å². The summed E-state index contributed by atoms with van der Waals surface area (Å²) in [4.78, 5) is 35.8. The number of carboxylic acid groups (broad SMARTS) is 1. The van der Waals surface area contributed by atoms with Gasteiger partial charge in [0.2, 0.25) is 5.91 Å². The highest BCUT2D eigenvalue weighted by atomic mass is 16.5. The molecule has 3 rings (SSSR count). The summed E-state index contributed by atoms with van der Waals surface area (Å²) in [5.41, 5.74) is 4.59. The number of nitrogens with one attached hydrogen (secondary N) is 2. The van der Waals surface area contributed by atoms with Crippen LogP contribution in [0.25, 0.3) is 11.1 Å². The maximum Gasteiger partial charge on any atom is 0.407 e. The Morgan fingerprint density at radius 3 is 2.18 bits per heavy atom. The summed E-state index contributed by atoms with van der Waals surface area (Å²) < 4.78 is 10.7. The molecule has 182 valence electrons. The van der Waals surface area contributed by atoms with Gasteiger partial charge in [0, 0.05) is 32.0 Å². The highest BCUT2D eigenvalue weighted by Gasteiger charge is 2.29. The van der Waals surface area contributed by atoms with Gasteiger partial charge in [-0.15, -0.1) is 0 Å². The number of carbonyl (C=O) groups excluding carboxylic acids is 2. The molecule has 0 heterocycles. The quantitative estimate of drug-likeness (QED) is 0.438. The van der Waals surface area contributed by atoms with Gasteiger partial charge in [0.05, 0.1) is 6.42 Å². The molecule has 0 aliphatic heterocycles. The van der Waals surface area contributed by atoms with E-state index in [4.69, 9.17) is 14.6 Å². The second-order valence-corrected chi connectivity index (χ2v) is 8.36. The molecule has 2 aromatic carbocycles. The van der Waals surface area contributed by atoms with E-state index in [1.165, 1.54) is 7.11 Å². The predicted octanol–water partition coefficient (Wildman–Crippen LogP) is 3.69. The lowest BCUT2D eigenvalue weighted by Gasteiger charge is -2.21. The minimum absolute atomic E-state index is 0.0274. The Labute approximate surface area is 199 Å². The molecule has 0 fully saturated rings. The van der Waals surface area contributed by atoms with Crippen molar-refractivity contribution >= 4 is 18.0 Å². The molecule has 2 atom stereocenters. The summed E-state index contributed by atoms with van der Waals surface area (Å²) in [6.45, 7) is 2.31. The fraction of sp³-hybridized carbons (Fsp3) is 0.423. The lowest BCUT2D eigenvalue weighted by atomic mass is 9.98. The third kappa shape index (κ3) is 6.35. The summed E-state index contributed by atoms with van der Waals surface area (Å²) >= 11 is 0. The Kier molecular flexibility index (Phi) is 9.04. The summed E-state index contributed by atoms with van der Waals surface area (Å²) in [6, 6.07) is 15.8. The van der Waals surface area contributed by atoms with E-state index < -0.39 is 30.1 Å². The van der Waals surface area contributed by atoms with Crippen LogP contribution in [-0.2, 0) is 19.1 Å². The van der Waals surface area contributed by atoms with Crippen LogP contribution in [0.5, 0.6) is 0 Å². The van der Waals surface area contributed by atoms with Gasteiger partial charge in [0.25, 0.3) is 0 Å². The van der Waals surface area contributed by atoms with Crippen molar-refractivity contribution in [1.29, 1.82) is 0 Å². The standard InChI is InChI=1S/C26H32N2O6/c1-3-8-17(15-24(29)30)28-25(31)23(33-2)13-14-27-26(32)34-16-22-20-11-6-4-9-18(20)19-10-5-7-12-21(19)22/h4-7,9-12,17,22-23H,3,8,13-16H2,1-2H3,(H,27,32)(H,28,31)(H,29,30). The van der Waals surface area contributed by atoms with Crippen LogP contribution in [-0.4, -0.2) is 55.5 Å². The number of carbonyl (C=O) groups is 3. The number of hydrogen-bond donors (Lipinski definition) is 3. The molecule has 1 aliphatic carbocycles. The molecule has 3 N–H and O–H groups in total. The minimum Gasteiger partial charge on any atom is -0.481 e. The first-order valence-electron chi connectivity index (χ1n) is 11.6. The highest BCUT2D eigenvalue weighted by molar-refractivity contribution is 5.82. The molecule has 2 unspecified atom stereocenters. The van der Waals surface area contributed by atoms with Crippen LogP contribution < -0.4 is 10.6 Å². The predicted molar refractivity (Wildman–Crippen MR) is 128 cm³/mol. The van der Waals surface area contributed by atoms with Crippen LogP contribution >= 0.6 is 0 Å². The summed E-state index contributed by atoms with van der Waals surface area (Å²) in [6.07, 6.45) is 0.0342. The Bertz CT molecular complexity index is 963. The zero-order valence-electron chi connectivity index (χ0n) is 19.6. The van der Waals surface area contributed by atoms with Crippen LogP contribution in [0.1, 0.15) is 49.7 Å². The van der Waals surface area contributed by atoms with Gasteiger partial charge in [0.1, 0.15) is 12.7 Å². The van der Waals surface area contributed by atoms with Crippen LogP contribution in [0.2, 0.25) is 0 Å². The average Bonchev–Trinajstić information content (AvgIpc) is 3.14. The molecule has 8 heteroatoms. The van der Waals surface area contributed by atoms with Gasteiger partial charge in [-0.3, -0.25) is 9.59 Å². The largest absolute Gasteiger partial charge is 0.481 e. The minimum atomic E-state index is -0.968. The molecule has 0 spiro atoms. The fourth-order valence-corrected chi connectivity index (χ4v) is 4.39. The molecular weight excluding hydrogens is 436 g/mol. The zero-order chi connectivity index (χ0) is 24.5. The Morgan fingerprint density at radius 2 is 1.62 bits per heavy atom. The van der Waals surface area contributed by atoms with Gasteiger partial charge < -0.3 is 25.2 Å². The van der Waals surface area contributed by atoms with Crippen LogP contribution in [0.4, 0.5) is 4.79 Å². The fourth-order valence-electron chi connectivity index (χ4n) is 4.39. The van der Waals surface area contributed by atoms with Crippen molar-refractivity contribution < 1.29 is 29.0 Å². The topological polar surface area (TPSA) is 114 Å². The number of ether oxygens (including phenoxy) is 2. The number of amides is 2. The van der Waals surface area contributed by atoms with E-state index in [1.807, 2.05) is 31.2 Å².